The van der Waals surface area contributed by atoms with E-state index in [1.54, 1.807) is 46.6 Å². The molecule has 0 aliphatic carbocycles. The average molecular weight is 426 g/mol. The van der Waals surface area contributed by atoms with Crippen molar-refractivity contribution < 1.29 is 24.1 Å². The lowest BCUT2D eigenvalue weighted by molar-refractivity contribution is 0.169. The van der Waals surface area contributed by atoms with Gasteiger partial charge in [-0.3, -0.25) is 0 Å². The predicted molar refractivity (Wildman–Crippen MR) is 103 cm³/mol. The first kappa shape index (κ1) is 20.4. The third-order valence-corrected chi connectivity index (χ3v) is 4.74. The number of ether oxygens (including phenoxy) is 4. The van der Waals surface area contributed by atoms with Gasteiger partial charge in [-0.2, -0.15) is 0 Å². The maximum Gasteiger partial charge on any atom is 0.161 e. The highest BCUT2D eigenvalue weighted by molar-refractivity contribution is 9.10. The maximum atomic E-state index is 10.5. The summed E-state index contributed by atoms with van der Waals surface area (Å²) in [6.45, 7) is 0.897. The summed E-state index contributed by atoms with van der Waals surface area (Å²) in [6.07, 6.45) is -0.737. The Kier molecular flexibility index (Phi) is 7.56. The Morgan fingerprint density at radius 1 is 0.923 bits per heavy atom. The Hall–Kier alpha value is -1.96. The van der Waals surface area contributed by atoms with Gasteiger partial charge in [-0.1, -0.05) is 15.9 Å². The van der Waals surface area contributed by atoms with Gasteiger partial charge in [-0.25, -0.2) is 0 Å². The lowest BCUT2D eigenvalue weighted by Gasteiger charge is -2.17. The van der Waals surface area contributed by atoms with E-state index in [1.165, 1.54) is 0 Å². The number of halogens is 1. The molecule has 2 aromatic carbocycles. The van der Waals surface area contributed by atoms with Crippen LogP contribution in [0, 0.1) is 0 Å². The van der Waals surface area contributed by atoms with Gasteiger partial charge >= 0.3 is 0 Å². The first-order valence-corrected chi connectivity index (χ1v) is 8.84. The molecule has 0 bridgehead atoms. The second-order valence-electron chi connectivity index (χ2n) is 5.55. The van der Waals surface area contributed by atoms with Crippen molar-refractivity contribution in [1.82, 2.24) is 5.32 Å². The number of methoxy groups -OCH3 is 4. The lowest BCUT2D eigenvalue weighted by Crippen LogP contribution is -2.21. The molecule has 6 nitrogen and oxygen atoms in total. The number of rotatable bonds is 9. The summed E-state index contributed by atoms with van der Waals surface area (Å²) in [6, 6.07) is 9.11. The van der Waals surface area contributed by atoms with Crippen molar-refractivity contribution in [2.24, 2.45) is 0 Å². The van der Waals surface area contributed by atoms with Crippen LogP contribution in [0.3, 0.4) is 0 Å². The van der Waals surface area contributed by atoms with Gasteiger partial charge in [0.2, 0.25) is 0 Å². The lowest BCUT2D eigenvalue weighted by atomic mass is 10.1. The monoisotopic (exact) mass is 425 g/mol. The molecule has 0 aliphatic heterocycles. The number of aliphatic hydroxyl groups excluding tert-OH is 1. The normalized spacial score (nSPS) is 11.8. The van der Waals surface area contributed by atoms with Gasteiger partial charge in [0, 0.05) is 23.1 Å². The molecule has 7 heteroatoms. The summed E-state index contributed by atoms with van der Waals surface area (Å²) in [7, 11) is 6.36. The largest absolute Gasteiger partial charge is 0.497 e. The molecule has 2 aromatic rings. The zero-order valence-electron chi connectivity index (χ0n) is 15.3. The van der Waals surface area contributed by atoms with Crippen LogP contribution >= 0.6 is 15.9 Å². The number of benzene rings is 2. The number of hydrogen-bond donors (Lipinski definition) is 2. The number of aliphatic hydroxyl groups is 1. The fourth-order valence-corrected chi connectivity index (χ4v) is 3.05. The first-order valence-electron chi connectivity index (χ1n) is 8.05. The van der Waals surface area contributed by atoms with Crippen molar-refractivity contribution >= 4 is 15.9 Å². The molecule has 0 spiro atoms. The van der Waals surface area contributed by atoms with Crippen LogP contribution in [0.4, 0.5) is 0 Å². The predicted octanol–water partition coefficient (Wildman–Crippen LogP) is 3.31. The molecular weight excluding hydrogens is 402 g/mol. The average Bonchev–Trinajstić information content (AvgIpc) is 2.68. The van der Waals surface area contributed by atoms with Crippen molar-refractivity contribution in [2.75, 3.05) is 35.0 Å². The first-order chi connectivity index (χ1) is 12.5. The fourth-order valence-electron chi connectivity index (χ4n) is 2.59. The minimum atomic E-state index is -0.737. The maximum absolute atomic E-state index is 10.5. The molecule has 0 radical (unpaired) electrons. The van der Waals surface area contributed by atoms with Crippen LogP contribution in [0.25, 0.3) is 0 Å². The highest BCUT2D eigenvalue weighted by Crippen LogP contribution is 2.33. The van der Waals surface area contributed by atoms with E-state index in [-0.39, 0.29) is 0 Å². The van der Waals surface area contributed by atoms with Crippen LogP contribution in [0.5, 0.6) is 23.0 Å². The summed E-state index contributed by atoms with van der Waals surface area (Å²) in [5.41, 5.74) is 1.66. The van der Waals surface area contributed by atoms with E-state index in [4.69, 9.17) is 18.9 Å². The zero-order valence-corrected chi connectivity index (χ0v) is 16.9. The SMILES string of the molecule is COc1ccc(OC)c(C(O)CNCc2cc(OC)c(OC)cc2Br)c1. The van der Waals surface area contributed by atoms with Crippen LogP contribution in [0.15, 0.2) is 34.8 Å². The summed E-state index contributed by atoms with van der Waals surface area (Å²) in [5, 5.41) is 13.8. The molecule has 0 amide bonds. The van der Waals surface area contributed by atoms with Crippen LogP contribution in [-0.4, -0.2) is 40.1 Å². The van der Waals surface area contributed by atoms with Crippen molar-refractivity contribution in [3.63, 3.8) is 0 Å². The molecule has 0 aromatic heterocycles. The third-order valence-electron chi connectivity index (χ3n) is 4.00. The van der Waals surface area contributed by atoms with Crippen LogP contribution in [0.2, 0.25) is 0 Å². The van der Waals surface area contributed by atoms with Gasteiger partial charge in [0.1, 0.15) is 11.5 Å². The van der Waals surface area contributed by atoms with Gasteiger partial charge in [0.05, 0.1) is 34.5 Å². The minimum Gasteiger partial charge on any atom is -0.497 e. The topological polar surface area (TPSA) is 69.2 Å². The van der Waals surface area contributed by atoms with E-state index in [1.807, 2.05) is 12.1 Å². The zero-order chi connectivity index (χ0) is 19.1. The smallest absolute Gasteiger partial charge is 0.161 e. The molecule has 0 saturated carbocycles. The fraction of sp³-hybridized carbons (Fsp3) is 0.368. The third kappa shape index (κ3) is 4.81. The highest BCUT2D eigenvalue weighted by atomic mass is 79.9. The van der Waals surface area contributed by atoms with E-state index in [2.05, 4.69) is 21.2 Å². The summed E-state index contributed by atoms with van der Waals surface area (Å²) >= 11 is 3.53. The Balaban J connectivity index is 2.06. The Morgan fingerprint density at radius 3 is 2.19 bits per heavy atom. The van der Waals surface area contributed by atoms with E-state index >= 15 is 0 Å². The quantitative estimate of drug-likeness (QED) is 0.642. The summed E-state index contributed by atoms with van der Waals surface area (Å²) in [4.78, 5) is 0. The molecular formula is C19H24BrNO5. The second-order valence-corrected chi connectivity index (χ2v) is 6.41. The van der Waals surface area contributed by atoms with Gasteiger partial charge in [-0.05, 0) is 35.9 Å². The second kappa shape index (κ2) is 9.66. The van der Waals surface area contributed by atoms with Crippen molar-refractivity contribution in [2.45, 2.75) is 12.6 Å². The molecule has 1 atom stereocenters. The number of nitrogens with one attached hydrogen (secondary N) is 1. The van der Waals surface area contributed by atoms with Gasteiger partial charge in [0.25, 0.3) is 0 Å². The summed E-state index contributed by atoms with van der Waals surface area (Å²) < 4.78 is 22.1. The molecule has 2 rings (SSSR count). The van der Waals surface area contributed by atoms with Crippen molar-refractivity contribution in [3.05, 3.63) is 45.9 Å². The standard InChI is InChI=1S/C19H24BrNO5/c1-23-13-5-6-17(24-2)14(8-13)16(22)11-21-10-12-7-18(25-3)19(26-4)9-15(12)20/h5-9,16,21-22H,10-11H2,1-4H3. The molecule has 0 fully saturated rings. The molecule has 1 unspecified atom stereocenters. The molecule has 142 valence electrons. The van der Waals surface area contributed by atoms with Gasteiger partial charge in [-0.15, -0.1) is 0 Å². The molecule has 0 saturated heterocycles. The Labute approximate surface area is 162 Å². The number of hydrogen-bond acceptors (Lipinski definition) is 6. The minimum absolute atomic E-state index is 0.352. The molecule has 0 heterocycles. The molecule has 0 aliphatic rings. The van der Waals surface area contributed by atoms with Gasteiger partial charge in [0.15, 0.2) is 11.5 Å². The van der Waals surface area contributed by atoms with E-state index in [9.17, 15) is 5.11 Å². The van der Waals surface area contributed by atoms with Crippen LogP contribution in [-0.2, 0) is 6.54 Å². The molecule has 2 N–H and O–H groups in total. The van der Waals surface area contributed by atoms with Gasteiger partial charge < -0.3 is 29.4 Å². The van der Waals surface area contributed by atoms with Crippen molar-refractivity contribution in [3.8, 4) is 23.0 Å². The molecule has 26 heavy (non-hydrogen) atoms. The van der Waals surface area contributed by atoms with E-state index < -0.39 is 6.10 Å². The Morgan fingerprint density at radius 2 is 1.58 bits per heavy atom. The Bertz CT molecular complexity index is 738. The highest BCUT2D eigenvalue weighted by Gasteiger charge is 2.15. The van der Waals surface area contributed by atoms with Crippen LogP contribution in [0.1, 0.15) is 17.2 Å². The van der Waals surface area contributed by atoms with E-state index in [0.717, 1.165) is 10.0 Å². The van der Waals surface area contributed by atoms with Crippen molar-refractivity contribution in [1.29, 1.82) is 0 Å². The summed E-state index contributed by atoms with van der Waals surface area (Å²) in [5.74, 6) is 2.60. The van der Waals surface area contributed by atoms with E-state index in [0.29, 0.717) is 41.7 Å². The van der Waals surface area contributed by atoms with Crippen LogP contribution < -0.4 is 24.3 Å².